The fourth-order valence-corrected chi connectivity index (χ4v) is 2.14. The van der Waals surface area contributed by atoms with Crippen molar-refractivity contribution in [1.82, 2.24) is 10.9 Å². The van der Waals surface area contributed by atoms with Crippen molar-refractivity contribution in [3.8, 4) is 0 Å². The molecule has 0 fully saturated rings. The van der Waals surface area contributed by atoms with E-state index >= 15 is 0 Å². The number of hydrazine groups is 1. The van der Waals surface area contributed by atoms with E-state index in [0.717, 1.165) is 11.1 Å². The summed E-state index contributed by atoms with van der Waals surface area (Å²) in [7, 11) is 0. The molecule has 0 unspecified atom stereocenters. The zero-order chi connectivity index (χ0) is 16.1. The van der Waals surface area contributed by atoms with Crippen LogP contribution in [0.5, 0.6) is 0 Å². The first-order chi connectivity index (χ1) is 10.4. The van der Waals surface area contributed by atoms with Gasteiger partial charge in [-0.3, -0.25) is 20.4 Å². The van der Waals surface area contributed by atoms with Crippen LogP contribution in [0, 0.1) is 19.7 Å². The van der Waals surface area contributed by atoms with Crippen LogP contribution in [0.4, 0.5) is 4.39 Å². The molecule has 0 aliphatic heterocycles. The minimum Gasteiger partial charge on any atom is -0.273 e. The summed E-state index contributed by atoms with van der Waals surface area (Å²) in [5.74, 6) is -1.10. The molecule has 0 saturated carbocycles. The predicted octanol–water partition coefficient (Wildman–Crippen LogP) is 2.45. The second-order valence-corrected chi connectivity index (χ2v) is 5.18. The maximum atomic E-state index is 12.8. The van der Waals surface area contributed by atoms with Crippen LogP contribution in [0.25, 0.3) is 0 Å². The lowest BCUT2D eigenvalue weighted by Crippen LogP contribution is -2.42. The van der Waals surface area contributed by atoms with Crippen molar-refractivity contribution in [1.29, 1.82) is 0 Å². The van der Waals surface area contributed by atoms with E-state index in [1.165, 1.54) is 24.3 Å². The first-order valence-electron chi connectivity index (χ1n) is 6.86. The summed E-state index contributed by atoms with van der Waals surface area (Å²) >= 11 is 0. The lowest BCUT2D eigenvalue weighted by molar-refractivity contribution is -0.121. The van der Waals surface area contributed by atoms with Gasteiger partial charge < -0.3 is 0 Å². The number of amides is 2. The second kappa shape index (κ2) is 6.85. The van der Waals surface area contributed by atoms with Crippen molar-refractivity contribution in [3.05, 3.63) is 70.5 Å². The molecular formula is C17H17FN2O2. The number of hydrogen-bond acceptors (Lipinski definition) is 2. The van der Waals surface area contributed by atoms with Gasteiger partial charge in [0.05, 0.1) is 6.42 Å². The summed E-state index contributed by atoms with van der Waals surface area (Å²) in [6.07, 6.45) is 0.0629. The van der Waals surface area contributed by atoms with Gasteiger partial charge in [0.15, 0.2) is 0 Å². The SMILES string of the molecule is Cc1cc(C)cc(C(=O)NNC(=O)Cc2ccc(F)cc2)c1. The number of nitrogens with one attached hydrogen (secondary N) is 2. The molecule has 0 aliphatic rings. The Balaban J connectivity index is 1.90. The third kappa shape index (κ3) is 4.41. The highest BCUT2D eigenvalue weighted by atomic mass is 19.1. The molecule has 0 aliphatic carbocycles. The molecule has 22 heavy (non-hydrogen) atoms. The molecule has 0 heterocycles. The Kier molecular flexibility index (Phi) is 4.88. The molecular weight excluding hydrogens is 283 g/mol. The van der Waals surface area contributed by atoms with Crippen LogP contribution in [-0.2, 0) is 11.2 Å². The lowest BCUT2D eigenvalue weighted by Gasteiger charge is -2.09. The van der Waals surface area contributed by atoms with Gasteiger partial charge in [-0.2, -0.15) is 0 Å². The van der Waals surface area contributed by atoms with Gasteiger partial charge in [0.2, 0.25) is 5.91 Å². The standard InChI is InChI=1S/C17H17FN2O2/c1-11-7-12(2)9-14(8-11)17(22)20-19-16(21)10-13-3-5-15(18)6-4-13/h3-9H,10H2,1-2H3,(H,19,21)(H,20,22). The fourth-order valence-electron chi connectivity index (χ4n) is 2.14. The normalized spacial score (nSPS) is 10.1. The van der Waals surface area contributed by atoms with Crippen molar-refractivity contribution in [2.24, 2.45) is 0 Å². The summed E-state index contributed by atoms with van der Waals surface area (Å²) in [4.78, 5) is 23.7. The average Bonchev–Trinajstić information content (AvgIpc) is 2.46. The number of carbonyl (C=O) groups excluding carboxylic acids is 2. The highest BCUT2D eigenvalue weighted by Crippen LogP contribution is 2.08. The first kappa shape index (κ1) is 15.7. The molecule has 2 N–H and O–H groups in total. The topological polar surface area (TPSA) is 58.2 Å². The Morgan fingerprint density at radius 1 is 0.955 bits per heavy atom. The first-order valence-corrected chi connectivity index (χ1v) is 6.86. The van der Waals surface area contributed by atoms with Gasteiger partial charge in [0.25, 0.3) is 5.91 Å². The number of aryl methyl sites for hydroxylation is 2. The largest absolute Gasteiger partial charge is 0.273 e. The third-order valence-electron chi connectivity index (χ3n) is 3.08. The molecule has 114 valence electrons. The molecule has 2 aromatic rings. The smallest absolute Gasteiger partial charge is 0.269 e. The van der Waals surface area contributed by atoms with Gasteiger partial charge >= 0.3 is 0 Å². The molecule has 0 bridgehead atoms. The quantitative estimate of drug-likeness (QED) is 0.855. The number of rotatable bonds is 3. The van der Waals surface area contributed by atoms with Gasteiger partial charge in [-0.15, -0.1) is 0 Å². The van der Waals surface area contributed by atoms with Gasteiger partial charge in [0, 0.05) is 5.56 Å². The molecule has 5 heteroatoms. The highest BCUT2D eigenvalue weighted by molar-refractivity contribution is 5.95. The zero-order valence-corrected chi connectivity index (χ0v) is 12.4. The molecule has 0 saturated heterocycles. The van der Waals surface area contributed by atoms with E-state index in [-0.39, 0.29) is 24.1 Å². The fraction of sp³-hybridized carbons (Fsp3) is 0.176. The van der Waals surface area contributed by atoms with E-state index in [1.54, 1.807) is 12.1 Å². The molecule has 2 rings (SSSR count). The lowest BCUT2D eigenvalue weighted by atomic mass is 10.1. The van der Waals surface area contributed by atoms with E-state index < -0.39 is 0 Å². The van der Waals surface area contributed by atoms with Crippen LogP contribution in [0.15, 0.2) is 42.5 Å². The van der Waals surface area contributed by atoms with Crippen LogP contribution in [0.2, 0.25) is 0 Å². The Hall–Kier alpha value is -2.69. The van der Waals surface area contributed by atoms with Crippen molar-refractivity contribution >= 4 is 11.8 Å². The summed E-state index contributed by atoms with van der Waals surface area (Å²) in [6, 6.07) is 11.1. The van der Waals surface area contributed by atoms with Crippen molar-refractivity contribution in [2.45, 2.75) is 20.3 Å². The minimum absolute atomic E-state index is 0.0629. The zero-order valence-electron chi connectivity index (χ0n) is 12.4. The van der Waals surface area contributed by atoms with Gasteiger partial charge in [-0.05, 0) is 43.7 Å². The van der Waals surface area contributed by atoms with Gasteiger partial charge in [0.1, 0.15) is 5.82 Å². The Bertz CT molecular complexity index is 676. The van der Waals surface area contributed by atoms with Gasteiger partial charge in [-0.1, -0.05) is 29.3 Å². The average molecular weight is 300 g/mol. The minimum atomic E-state index is -0.376. The van der Waals surface area contributed by atoms with Crippen LogP contribution >= 0.6 is 0 Å². The second-order valence-electron chi connectivity index (χ2n) is 5.18. The van der Waals surface area contributed by atoms with E-state index in [4.69, 9.17) is 0 Å². The van der Waals surface area contributed by atoms with Crippen LogP contribution < -0.4 is 10.9 Å². The maximum absolute atomic E-state index is 12.8. The van der Waals surface area contributed by atoms with E-state index in [0.29, 0.717) is 11.1 Å². The molecule has 4 nitrogen and oxygen atoms in total. The van der Waals surface area contributed by atoms with Crippen molar-refractivity contribution in [3.63, 3.8) is 0 Å². The molecule has 0 spiro atoms. The van der Waals surface area contributed by atoms with Crippen LogP contribution in [-0.4, -0.2) is 11.8 Å². The summed E-state index contributed by atoms with van der Waals surface area (Å²) < 4.78 is 12.8. The number of benzene rings is 2. The Labute approximate surface area is 128 Å². The van der Waals surface area contributed by atoms with Crippen LogP contribution in [0.3, 0.4) is 0 Å². The summed E-state index contributed by atoms with van der Waals surface area (Å²) in [6.45, 7) is 3.80. The van der Waals surface area contributed by atoms with Crippen molar-refractivity contribution in [2.75, 3.05) is 0 Å². The molecule has 0 aromatic heterocycles. The molecule has 0 atom stereocenters. The molecule has 2 aromatic carbocycles. The summed E-state index contributed by atoms with van der Waals surface area (Å²) in [5, 5.41) is 0. The Morgan fingerprint density at radius 3 is 2.14 bits per heavy atom. The monoisotopic (exact) mass is 300 g/mol. The van der Waals surface area contributed by atoms with Crippen molar-refractivity contribution < 1.29 is 14.0 Å². The van der Waals surface area contributed by atoms with E-state index in [9.17, 15) is 14.0 Å². The molecule has 2 amide bonds. The Morgan fingerprint density at radius 2 is 1.55 bits per heavy atom. The third-order valence-corrected chi connectivity index (χ3v) is 3.08. The van der Waals surface area contributed by atoms with Crippen LogP contribution in [0.1, 0.15) is 27.0 Å². The predicted molar refractivity (Wildman–Crippen MR) is 81.6 cm³/mol. The number of carbonyl (C=O) groups is 2. The maximum Gasteiger partial charge on any atom is 0.269 e. The van der Waals surface area contributed by atoms with E-state index in [1.807, 2.05) is 19.9 Å². The van der Waals surface area contributed by atoms with E-state index in [2.05, 4.69) is 10.9 Å². The number of halogens is 1. The van der Waals surface area contributed by atoms with Gasteiger partial charge in [-0.25, -0.2) is 4.39 Å². The summed E-state index contributed by atoms with van der Waals surface area (Å²) in [5.41, 5.74) is 7.82. The molecule has 0 radical (unpaired) electrons. The highest BCUT2D eigenvalue weighted by Gasteiger charge is 2.09. The number of hydrogen-bond donors (Lipinski definition) is 2.